The van der Waals surface area contributed by atoms with E-state index in [-0.39, 0.29) is 11.8 Å². The van der Waals surface area contributed by atoms with Crippen LogP contribution in [0.3, 0.4) is 0 Å². The summed E-state index contributed by atoms with van der Waals surface area (Å²) in [6, 6.07) is 18.0. The molecular weight excluding hydrogens is 438 g/mol. The lowest BCUT2D eigenvalue weighted by Crippen LogP contribution is -2.47. The first-order chi connectivity index (χ1) is 13.6. The Bertz CT molecular complexity index is 967. The Hall–Kier alpha value is -2.43. The lowest BCUT2D eigenvalue weighted by atomic mass is 9.86. The highest BCUT2D eigenvalue weighted by Crippen LogP contribution is 2.43. The number of anilines is 1. The van der Waals surface area contributed by atoms with Gasteiger partial charge in [0.25, 0.3) is 0 Å². The van der Waals surface area contributed by atoms with Gasteiger partial charge >= 0.3 is 0 Å². The molecule has 2 aliphatic rings. The zero-order chi connectivity index (χ0) is 19.7. The van der Waals surface area contributed by atoms with Crippen molar-refractivity contribution in [3.63, 3.8) is 0 Å². The Morgan fingerprint density at radius 1 is 1.18 bits per heavy atom. The standard InChI is InChI=1S/C21H18BrN3O2S/c1-27-17-8-6-16(7-9-17)24-12-25-20(26)10-18(14-2-4-15(22)5-3-14)19(11-23)21(25)28-13-24/h2-9,18H,10,12-13H2,1H3/t18-/m1/s1. The second kappa shape index (κ2) is 7.90. The molecule has 1 atom stereocenters. The summed E-state index contributed by atoms with van der Waals surface area (Å²) in [5.41, 5.74) is 2.70. The van der Waals surface area contributed by atoms with E-state index in [2.05, 4.69) is 26.9 Å². The lowest BCUT2D eigenvalue weighted by molar-refractivity contribution is -0.129. The van der Waals surface area contributed by atoms with Crippen LogP contribution in [0.4, 0.5) is 5.69 Å². The number of carbonyl (C=O) groups is 1. The van der Waals surface area contributed by atoms with Gasteiger partial charge in [0.1, 0.15) is 5.75 Å². The Labute approximate surface area is 176 Å². The van der Waals surface area contributed by atoms with Crippen LogP contribution in [0, 0.1) is 11.3 Å². The molecule has 1 fully saturated rings. The van der Waals surface area contributed by atoms with E-state index in [1.165, 1.54) is 0 Å². The average Bonchev–Trinajstić information content (AvgIpc) is 2.74. The minimum Gasteiger partial charge on any atom is -0.497 e. The van der Waals surface area contributed by atoms with Gasteiger partial charge in [0.2, 0.25) is 5.91 Å². The highest BCUT2D eigenvalue weighted by Gasteiger charge is 2.38. The predicted molar refractivity (Wildman–Crippen MR) is 114 cm³/mol. The van der Waals surface area contributed by atoms with Gasteiger partial charge in [-0.1, -0.05) is 39.8 Å². The Balaban J connectivity index is 1.62. The van der Waals surface area contributed by atoms with Gasteiger partial charge in [-0.25, -0.2) is 0 Å². The molecule has 28 heavy (non-hydrogen) atoms. The number of thioether (sulfide) groups is 1. The van der Waals surface area contributed by atoms with Crippen molar-refractivity contribution in [2.45, 2.75) is 12.3 Å². The fourth-order valence-electron chi connectivity index (χ4n) is 3.50. The Morgan fingerprint density at radius 2 is 1.89 bits per heavy atom. The fourth-order valence-corrected chi connectivity index (χ4v) is 4.93. The van der Waals surface area contributed by atoms with E-state index in [4.69, 9.17) is 4.74 Å². The summed E-state index contributed by atoms with van der Waals surface area (Å²) in [5, 5.41) is 10.6. The van der Waals surface area contributed by atoms with Crippen molar-refractivity contribution in [2.75, 3.05) is 24.6 Å². The number of rotatable bonds is 3. The van der Waals surface area contributed by atoms with Crippen molar-refractivity contribution in [2.24, 2.45) is 0 Å². The molecule has 0 bridgehead atoms. The predicted octanol–water partition coefficient (Wildman–Crippen LogP) is 4.68. The molecule has 2 aromatic carbocycles. The second-order valence-electron chi connectivity index (χ2n) is 6.61. The molecule has 5 nitrogen and oxygen atoms in total. The van der Waals surface area contributed by atoms with E-state index in [9.17, 15) is 10.1 Å². The quantitative estimate of drug-likeness (QED) is 0.672. The first-order valence-corrected chi connectivity index (χ1v) is 10.6. The van der Waals surface area contributed by atoms with Crippen LogP contribution in [0.2, 0.25) is 0 Å². The minimum atomic E-state index is -0.183. The van der Waals surface area contributed by atoms with Crippen LogP contribution in [-0.2, 0) is 4.79 Å². The van der Waals surface area contributed by atoms with Crippen LogP contribution < -0.4 is 9.64 Å². The maximum atomic E-state index is 12.9. The van der Waals surface area contributed by atoms with E-state index >= 15 is 0 Å². The highest BCUT2D eigenvalue weighted by molar-refractivity contribution is 9.10. The van der Waals surface area contributed by atoms with Crippen LogP contribution in [0.1, 0.15) is 17.9 Å². The first kappa shape index (κ1) is 18.9. The third-order valence-corrected chi connectivity index (χ3v) is 6.69. The van der Waals surface area contributed by atoms with Gasteiger partial charge in [-0.2, -0.15) is 5.26 Å². The number of ether oxygens (including phenoxy) is 1. The van der Waals surface area contributed by atoms with Gasteiger partial charge in [0.15, 0.2) is 0 Å². The van der Waals surface area contributed by atoms with Crippen LogP contribution in [0.15, 0.2) is 63.6 Å². The van der Waals surface area contributed by atoms with Crippen LogP contribution in [-0.4, -0.2) is 30.5 Å². The van der Waals surface area contributed by atoms with Gasteiger partial charge in [-0.3, -0.25) is 9.69 Å². The summed E-state index contributed by atoms with van der Waals surface area (Å²) in [7, 11) is 1.64. The molecular formula is C21H18BrN3O2S. The summed E-state index contributed by atoms with van der Waals surface area (Å²) in [6.07, 6.45) is 0.311. The smallest absolute Gasteiger partial charge is 0.229 e. The maximum absolute atomic E-state index is 12.9. The summed E-state index contributed by atoms with van der Waals surface area (Å²) in [5.74, 6) is 1.35. The lowest BCUT2D eigenvalue weighted by Gasteiger charge is -2.42. The largest absolute Gasteiger partial charge is 0.497 e. The van der Waals surface area contributed by atoms with Crippen molar-refractivity contribution in [1.29, 1.82) is 5.26 Å². The topological polar surface area (TPSA) is 56.6 Å². The Morgan fingerprint density at radius 3 is 2.54 bits per heavy atom. The first-order valence-electron chi connectivity index (χ1n) is 8.82. The monoisotopic (exact) mass is 455 g/mol. The van der Waals surface area contributed by atoms with E-state index in [1.54, 1.807) is 23.8 Å². The number of halogens is 1. The SMILES string of the molecule is COc1ccc(N2CSC3=C(C#N)[C@@H](c4ccc(Br)cc4)CC(=O)N3C2)cc1. The van der Waals surface area contributed by atoms with Crippen LogP contribution in [0.5, 0.6) is 5.75 Å². The number of amides is 1. The summed E-state index contributed by atoms with van der Waals surface area (Å²) in [6.45, 7) is 0.450. The van der Waals surface area contributed by atoms with Crippen molar-refractivity contribution < 1.29 is 9.53 Å². The minimum absolute atomic E-state index is 0.0487. The van der Waals surface area contributed by atoms with E-state index in [0.717, 1.165) is 26.5 Å². The fraction of sp³-hybridized carbons (Fsp3) is 0.238. The summed E-state index contributed by atoms with van der Waals surface area (Å²) in [4.78, 5) is 16.8. The number of nitrogens with zero attached hydrogens (tertiary/aromatic N) is 3. The number of hydrogen-bond donors (Lipinski definition) is 0. The molecule has 0 aromatic heterocycles. The number of allylic oxidation sites excluding steroid dienone is 1. The number of carbonyl (C=O) groups excluding carboxylic acids is 1. The molecule has 7 heteroatoms. The van der Waals surface area contributed by atoms with Crippen molar-refractivity contribution in [3.05, 3.63) is 69.2 Å². The Kier molecular flexibility index (Phi) is 5.33. The molecule has 0 unspecified atom stereocenters. The van der Waals surface area contributed by atoms with Gasteiger partial charge < -0.3 is 9.64 Å². The molecule has 0 aliphatic carbocycles. The number of nitriles is 1. The van der Waals surface area contributed by atoms with Crippen LogP contribution >= 0.6 is 27.7 Å². The van der Waals surface area contributed by atoms with Crippen molar-refractivity contribution in [3.8, 4) is 11.8 Å². The molecule has 142 valence electrons. The van der Waals surface area contributed by atoms with Crippen LogP contribution in [0.25, 0.3) is 0 Å². The molecule has 0 saturated carbocycles. The van der Waals surface area contributed by atoms with Gasteiger partial charge in [-0.15, -0.1) is 0 Å². The molecule has 2 aromatic rings. The summed E-state index contributed by atoms with van der Waals surface area (Å²) >= 11 is 4.98. The number of hydrogen-bond acceptors (Lipinski definition) is 5. The number of methoxy groups -OCH3 is 1. The van der Waals surface area contributed by atoms with Gasteiger partial charge in [0.05, 0.1) is 36.3 Å². The van der Waals surface area contributed by atoms with Crippen molar-refractivity contribution in [1.82, 2.24) is 4.90 Å². The van der Waals surface area contributed by atoms with Gasteiger partial charge in [-0.05, 0) is 42.0 Å². The third-order valence-electron chi connectivity index (χ3n) is 5.00. The van der Waals surface area contributed by atoms with Gasteiger partial charge in [0, 0.05) is 22.5 Å². The molecule has 1 amide bonds. The van der Waals surface area contributed by atoms with E-state index in [0.29, 0.717) is 24.5 Å². The molecule has 2 heterocycles. The molecule has 0 N–H and O–H groups in total. The maximum Gasteiger partial charge on any atom is 0.229 e. The average molecular weight is 456 g/mol. The summed E-state index contributed by atoms with van der Waals surface area (Å²) < 4.78 is 6.19. The third kappa shape index (κ3) is 3.50. The molecule has 2 aliphatic heterocycles. The molecule has 1 saturated heterocycles. The van der Waals surface area contributed by atoms with E-state index in [1.807, 2.05) is 48.5 Å². The highest BCUT2D eigenvalue weighted by atomic mass is 79.9. The normalized spacial score (nSPS) is 19.3. The number of fused-ring (bicyclic) bond motifs is 1. The molecule has 4 rings (SSSR count). The second-order valence-corrected chi connectivity index (χ2v) is 8.46. The van der Waals surface area contributed by atoms with Crippen molar-refractivity contribution >= 4 is 39.3 Å². The molecule has 0 radical (unpaired) electrons. The van der Waals surface area contributed by atoms with E-state index < -0.39 is 0 Å². The number of benzene rings is 2. The zero-order valence-electron chi connectivity index (χ0n) is 15.3. The zero-order valence-corrected chi connectivity index (χ0v) is 17.7. The molecule has 0 spiro atoms.